The third kappa shape index (κ3) is 2.75. The number of aromatic nitrogens is 2. The summed E-state index contributed by atoms with van der Waals surface area (Å²) >= 11 is 0. The minimum atomic E-state index is 0.213. The van der Waals surface area contributed by atoms with Crippen LogP contribution in [-0.2, 0) is 6.42 Å². The normalized spacial score (nSPS) is 20.6. The van der Waals surface area contributed by atoms with Gasteiger partial charge in [0, 0.05) is 18.3 Å². The molecule has 17 heavy (non-hydrogen) atoms. The molecule has 1 unspecified atom stereocenters. The fourth-order valence-corrected chi connectivity index (χ4v) is 2.43. The van der Waals surface area contributed by atoms with Gasteiger partial charge in [-0.05, 0) is 32.6 Å². The Kier molecular flexibility index (Phi) is 3.94. The van der Waals surface area contributed by atoms with Gasteiger partial charge in [0.05, 0.1) is 12.6 Å². The van der Waals surface area contributed by atoms with Crippen molar-refractivity contribution in [1.29, 1.82) is 0 Å². The quantitative estimate of drug-likeness (QED) is 0.866. The van der Waals surface area contributed by atoms with Crippen molar-refractivity contribution in [2.45, 2.75) is 45.6 Å². The van der Waals surface area contributed by atoms with Gasteiger partial charge in [0.15, 0.2) is 0 Å². The van der Waals surface area contributed by atoms with Crippen LogP contribution in [0.1, 0.15) is 37.7 Å². The zero-order valence-electron chi connectivity index (χ0n) is 10.7. The van der Waals surface area contributed by atoms with Gasteiger partial charge in [-0.3, -0.25) is 0 Å². The van der Waals surface area contributed by atoms with E-state index >= 15 is 0 Å². The Labute approximate surface area is 103 Å². The van der Waals surface area contributed by atoms with Gasteiger partial charge in [0.2, 0.25) is 0 Å². The first kappa shape index (κ1) is 12.3. The van der Waals surface area contributed by atoms with Crippen molar-refractivity contribution >= 4 is 5.82 Å². The van der Waals surface area contributed by atoms with E-state index < -0.39 is 0 Å². The maximum atomic E-state index is 9.43. The highest BCUT2D eigenvalue weighted by Gasteiger charge is 2.23. The van der Waals surface area contributed by atoms with E-state index in [2.05, 4.69) is 27.9 Å². The fraction of sp³-hybridized carbons (Fsp3) is 0.692. The van der Waals surface area contributed by atoms with Gasteiger partial charge in [0.1, 0.15) is 11.6 Å². The van der Waals surface area contributed by atoms with Crippen LogP contribution in [0, 0.1) is 6.92 Å². The summed E-state index contributed by atoms with van der Waals surface area (Å²) in [6.45, 7) is 5.24. The van der Waals surface area contributed by atoms with E-state index in [0.29, 0.717) is 0 Å². The van der Waals surface area contributed by atoms with Crippen molar-refractivity contribution in [3.8, 4) is 0 Å². The van der Waals surface area contributed by atoms with Crippen molar-refractivity contribution in [3.63, 3.8) is 0 Å². The number of aliphatic hydroxyl groups is 1. The van der Waals surface area contributed by atoms with Crippen molar-refractivity contribution in [2.75, 3.05) is 18.1 Å². The summed E-state index contributed by atoms with van der Waals surface area (Å²) in [7, 11) is 0. The van der Waals surface area contributed by atoms with E-state index in [-0.39, 0.29) is 12.6 Å². The number of hydrogen-bond acceptors (Lipinski definition) is 4. The van der Waals surface area contributed by atoms with Gasteiger partial charge in [-0.15, -0.1) is 0 Å². The molecular formula is C13H21N3O. The minimum Gasteiger partial charge on any atom is -0.394 e. The second-order valence-electron chi connectivity index (χ2n) is 4.64. The second-order valence-corrected chi connectivity index (χ2v) is 4.64. The van der Waals surface area contributed by atoms with Crippen LogP contribution in [0.2, 0.25) is 0 Å². The summed E-state index contributed by atoms with van der Waals surface area (Å²) in [4.78, 5) is 11.1. The minimum absolute atomic E-state index is 0.213. The molecule has 1 N–H and O–H groups in total. The Balaban J connectivity index is 2.27. The van der Waals surface area contributed by atoms with Gasteiger partial charge in [-0.2, -0.15) is 0 Å². The Hall–Kier alpha value is -1.16. The molecule has 1 aliphatic rings. The molecule has 0 aliphatic carbocycles. The van der Waals surface area contributed by atoms with Crippen LogP contribution >= 0.6 is 0 Å². The Morgan fingerprint density at radius 3 is 2.94 bits per heavy atom. The van der Waals surface area contributed by atoms with Crippen molar-refractivity contribution in [1.82, 2.24) is 9.97 Å². The van der Waals surface area contributed by atoms with Gasteiger partial charge in [-0.1, -0.05) is 6.92 Å². The predicted molar refractivity (Wildman–Crippen MR) is 68.2 cm³/mol. The highest BCUT2D eigenvalue weighted by Crippen LogP contribution is 2.23. The average molecular weight is 235 g/mol. The maximum Gasteiger partial charge on any atom is 0.132 e. The molecule has 1 aromatic rings. The van der Waals surface area contributed by atoms with Gasteiger partial charge in [0.25, 0.3) is 0 Å². The van der Waals surface area contributed by atoms with Crippen LogP contribution in [0.25, 0.3) is 0 Å². The molecule has 4 nitrogen and oxygen atoms in total. The number of hydrogen-bond donors (Lipinski definition) is 1. The van der Waals surface area contributed by atoms with Gasteiger partial charge >= 0.3 is 0 Å². The molecule has 0 radical (unpaired) electrons. The summed E-state index contributed by atoms with van der Waals surface area (Å²) in [5, 5.41) is 9.43. The number of aliphatic hydroxyl groups excluding tert-OH is 1. The standard InChI is InChI=1S/C13H21N3O/c1-3-11-8-13(15-10(2)14-11)16-7-5-4-6-12(16)9-17/h8,12,17H,3-7,9H2,1-2H3. The number of aryl methyl sites for hydroxylation is 2. The SMILES string of the molecule is CCc1cc(N2CCCCC2CO)nc(C)n1. The summed E-state index contributed by atoms with van der Waals surface area (Å²) < 4.78 is 0. The monoisotopic (exact) mass is 235 g/mol. The summed E-state index contributed by atoms with van der Waals surface area (Å²) in [5.41, 5.74) is 1.08. The third-order valence-corrected chi connectivity index (χ3v) is 3.37. The molecule has 0 saturated carbocycles. The van der Waals surface area contributed by atoms with E-state index in [0.717, 1.165) is 36.7 Å². The highest BCUT2D eigenvalue weighted by molar-refractivity contribution is 5.41. The smallest absolute Gasteiger partial charge is 0.132 e. The molecule has 1 aliphatic heterocycles. The van der Waals surface area contributed by atoms with E-state index in [1.54, 1.807) is 0 Å². The molecule has 2 rings (SSSR count). The van der Waals surface area contributed by atoms with Crippen LogP contribution in [0.15, 0.2) is 6.07 Å². The molecular weight excluding hydrogens is 214 g/mol. The lowest BCUT2D eigenvalue weighted by molar-refractivity contribution is 0.239. The van der Waals surface area contributed by atoms with E-state index in [9.17, 15) is 5.11 Å². The van der Waals surface area contributed by atoms with Crippen molar-refractivity contribution < 1.29 is 5.11 Å². The number of anilines is 1. The van der Waals surface area contributed by atoms with E-state index in [4.69, 9.17) is 0 Å². The molecule has 0 bridgehead atoms. The molecule has 94 valence electrons. The zero-order valence-corrected chi connectivity index (χ0v) is 10.7. The van der Waals surface area contributed by atoms with Gasteiger partial charge in [-0.25, -0.2) is 9.97 Å². The summed E-state index contributed by atoms with van der Waals surface area (Å²) in [6.07, 6.45) is 4.36. The lowest BCUT2D eigenvalue weighted by Gasteiger charge is -2.35. The second kappa shape index (κ2) is 5.45. The third-order valence-electron chi connectivity index (χ3n) is 3.37. The van der Waals surface area contributed by atoms with Crippen LogP contribution in [0.4, 0.5) is 5.82 Å². The lowest BCUT2D eigenvalue weighted by Crippen LogP contribution is -2.42. The molecule has 0 aromatic carbocycles. The molecule has 2 heterocycles. The highest BCUT2D eigenvalue weighted by atomic mass is 16.3. The molecule has 0 spiro atoms. The molecule has 1 aromatic heterocycles. The largest absolute Gasteiger partial charge is 0.394 e. The average Bonchev–Trinajstić information content (AvgIpc) is 2.37. The van der Waals surface area contributed by atoms with Gasteiger partial charge < -0.3 is 10.0 Å². The van der Waals surface area contributed by atoms with Crippen LogP contribution in [-0.4, -0.2) is 34.3 Å². The number of piperidine rings is 1. The topological polar surface area (TPSA) is 49.2 Å². The Bertz CT molecular complexity index is 381. The van der Waals surface area contributed by atoms with Crippen LogP contribution in [0.3, 0.4) is 0 Å². The first-order valence-corrected chi connectivity index (χ1v) is 6.46. The summed E-state index contributed by atoms with van der Waals surface area (Å²) in [6, 6.07) is 2.28. The fourth-order valence-electron chi connectivity index (χ4n) is 2.43. The number of nitrogens with zero attached hydrogens (tertiary/aromatic N) is 3. The zero-order chi connectivity index (χ0) is 12.3. The van der Waals surface area contributed by atoms with Crippen molar-refractivity contribution in [2.24, 2.45) is 0 Å². The van der Waals surface area contributed by atoms with E-state index in [1.807, 2.05) is 6.92 Å². The first-order chi connectivity index (χ1) is 8.24. The lowest BCUT2D eigenvalue weighted by atomic mass is 10.0. The molecule has 1 saturated heterocycles. The molecule has 0 amide bonds. The Morgan fingerprint density at radius 1 is 1.41 bits per heavy atom. The predicted octanol–water partition coefficient (Wildman–Crippen LogP) is 1.70. The van der Waals surface area contributed by atoms with E-state index in [1.165, 1.54) is 12.8 Å². The molecule has 4 heteroatoms. The summed E-state index contributed by atoms with van der Waals surface area (Å²) in [5.74, 6) is 1.80. The van der Waals surface area contributed by atoms with Crippen LogP contribution < -0.4 is 4.90 Å². The maximum absolute atomic E-state index is 9.43. The van der Waals surface area contributed by atoms with Crippen LogP contribution in [0.5, 0.6) is 0 Å². The van der Waals surface area contributed by atoms with Crippen molar-refractivity contribution in [3.05, 3.63) is 17.6 Å². The Morgan fingerprint density at radius 2 is 2.24 bits per heavy atom. The molecule has 1 fully saturated rings. The molecule has 1 atom stereocenters. The number of rotatable bonds is 3. The first-order valence-electron chi connectivity index (χ1n) is 6.46.